The van der Waals surface area contributed by atoms with E-state index in [2.05, 4.69) is 107 Å². The highest BCUT2D eigenvalue weighted by Crippen LogP contribution is 2.44. The van der Waals surface area contributed by atoms with E-state index in [-0.39, 0.29) is 5.41 Å². The summed E-state index contributed by atoms with van der Waals surface area (Å²) in [4.78, 5) is 0. The molecule has 4 rings (SSSR count). The summed E-state index contributed by atoms with van der Waals surface area (Å²) in [5.74, 6) is 0.536. The van der Waals surface area contributed by atoms with Crippen LogP contribution in [0.4, 0.5) is 0 Å². The van der Waals surface area contributed by atoms with Crippen molar-refractivity contribution < 1.29 is 0 Å². The largest absolute Gasteiger partial charge is 0.156 e. The average molecular weight is 378 g/mol. The summed E-state index contributed by atoms with van der Waals surface area (Å²) < 4.78 is 0. The van der Waals surface area contributed by atoms with Crippen molar-refractivity contribution >= 4 is 34.3 Å². The van der Waals surface area contributed by atoms with Gasteiger partial charge in [0, 0.05) is 5.41 Å². The summed E-state index contributed by atoms with van der Waals surface area (Å²) in [6, 6.07) is 18.1. The minimum atomic E-state index is -0.0366. The highest BCUT2D eigenvalue weighted by Gasteiger charge is 2.34. The highest BCUT2D eigenvalue weighted by molar-refractivity contribution is 6.60. The van der Waals surface area contributed by atoms with Gasteiger partial charge in [0.15, 0.2) is 7.28 Å². The van der Waals surface area contributed by atoms with Crippen molar-refractivity contribution in [3.63, 3.8) is 0 Å². The summed E-state index contributed by atoms with van der Waals surface area (Å²) in [5.41, 5.74) is 4.35. The first-order valence-electron chi connectivity index (χ1n) is 11.1. The Morgan fingerprint density at radius 2 is 1.55 bits per heavy atom. The molecule has 1 aliphatic rings. The van der Waals surface area contributed by atoms with Crippen LogP contribution >= 0.6 is 0 Å². The summed E-state index contributed by atoms with van der Waals surface area (Å²) >= 11 is 0. The Bertz CT molecular complexity index is 1070. The molecule has 0 bridgehead atoms. The Kier molecular flexibility index (Phi) is 5.50. The third-order valence-electron chi connectivity index (χ3n) is 6.97. The van der Waals surface area contributed by atoms with Crippen LogP contribution < -0.4 is 5.46 Å². The van der Waals surface area contributed by atoms with E-state index in [0.717, 1.165) is 20.1 Å². The standard InChI is InChI=1S/C28H31B/c1-5-20(2)28(3,19-21-13-7-6-8-14-21)26-22-15-9-11-17-24(22)27(29-4)25-18-12-10-16-23(25)26/h6-13,15-20,29H,5,14H2,1-4H3/b21-19-. The highest BCUT2D eigenvalue weighted by atomic mass is 14.4. The van der Waals surface area contributed by atoms with E-state index in [1.807, 2.05) is 0 Å². The number of fused-ring (bicyclic) bond motifs is 2. The molecule has 0 amide bonds. The molecule has 0 spiro atoms. The van der Waals surface area contributed by atoms with Gasteiger partial charge in [-0.3, -0.25) is 0 Å². The predicted molar refractivity (Wildman–Crippen MR) is 132 cm³/mol. The van der Waals surface area contributed by atoms with Crippen LogP contribution in [0.15, 0.2) is 84.5 Å². The topological polar surface area (TPSA) is 0 Å². The molecular weight excluding hydrogens is 347 g/mol. The quantitative estimate of drug-likeness (QED) is 0.336. The van der Waals surface area contributed by atoms with Gasteiger partial charge in [0.05, 0.1) is 0 Å². The van der Waals surface area contributed by atoms with Crippen LogP contribution in [0, 0.1) is 5.92 Å². The lowest BCUT2D eigenvalue weighted by Crippen LogP contribution is -2.30. The fourth-order valence-electron chi connectivity index (χ4n) is 5.09. The van der Waals surface area contributed by atoms with Crippen molar-refractivity contribution in [2.45, 2.75) is 45.9 Å². The fourth-order valence-corrected chi connectivity index (χ4v) is 5.09. The van der Waals surface area contributed by atoms with Gasteiger partial charge in [0.25, 0.3) is 0 Å². The Morgan fingerprint density at radius 1 is 0.966 bits per heavy atom. The second-order valence-corrected chi connectivity index (χ2v) is 8.60. The van der Waals surface area contributed by atoms with Crippen molar-refractivity contribution in [3.05, 3.63) is 90.0 Å². The van der Waals surface area contributed by atoms with E-state index >= 15 is 0 Å². The number of allylic oxidation sites excluding steroid dienone is 6. The van der Waals surface area contributed by atoms with E-state index < -0.39 is 0 Å². The maximum absolute atomic E-state index is 2.56. The minimum absolute atomic E-state index is 0.0366. The zero-order valence-corrected chi connectivity index (χ0v) is 18.2. The predicted octanol–water partition coefficient (Wildman–Crippen LogP) is 6.85. The zero-order chi connectivity index (χ0) is 20.4. The second-order valence-electron chi connectivity index (χ2n) is 8.60. The van der Waals surface area contributed by atoms with Crippen LogP contribution in [0.5, 0.6) is 0 Å². The summed E-state index contributed by atoms with van der Waals surface area (Å²) in [6.07, 6.45) is 13.6. The second kappa shape index (κ2) is 8.07. The van der Waals surface area contributed by atoms with E-state index in [0.29, 0.717) is 5.92 Å². The average Bonchev–Trinajstić information content (AvgIpc) is 2.77. The van der Waals surface area contributed by atoms with E-state index in [1.165, 1.54) is 38.1 Å². The molecule has 0 fully saturated rings. The SMILES string of the molecule is CBc1c2ccccc2c(C(C)(/C=C2/C=CC=CC2)C(C)CC)c2ccccc12. The van der Waals surface area contributed by atoms with E-state index in [1.54, 1.807) is 0 Å². The normalized spacial score (nSPS) is 18.3. The van der Waals surface area contributed by atoms with Gasteiger partial charge < -0.3 is 0 Å². The number of rotatable bonds is 5. The lowest BCUT2D eigenvalue weighted by molar-refractivity contribution is 0.379. The van der Waals surface area contributed by atoms with Crippen molar-refractivity contribution in [3.8, 4) is 0 Å². The fraction of sp³-hybridized carbons (Fsp3) is 0.286. The molecular formula is C28H31B. The molecule has 1 heteroatoms. The van der Waals surface area contributed by atoms with Gasteiger partial charge >= 0.3 is 0 Å². The van der Waals surface area contributed by atoms with Gasteiger partial charge in [0.2, 0.25) is 0 Å². The first-order chi connectivity index (χ1) is 14.1. The maximum Gasteiger partial charge on any atom is 0.156 e. The molecule has 3 aromatic carbocycles. The molecule has 1 aliphatic carbocycles. The molecule has 0 N–H and O–H groups in total. The molecule has 3 aromatic rings. The zero-order valence-electron chi connectivity index (χ0n) is 18.2. The molecule has 2 unspecified atom stereocenters. The van der Waals surface area contributed by atoms with Crippen molar-refractivity contribution in [2.75, 3.05) is 0 Å². The van der Waals surface area contributed by atoms with Gasteiger partial charge in [-0.1, -0.05) is 118 Å². The first-order valence-corrected chi connectivity index (χ1v) is 11.1. The van der Waals surface area contributed by atoms with Crippen LogP contribution in [0.1, 0.15) is 39.2 Å². The Balaban J connectivity index is 2.13. The van der Waals surface area contributed by atoms with Crippen LogP contribution in [-0.4, -0.2) is 7.28 Å². The van der Waals surface area contributed by atoms with Gasteiger partial charge in [-0.15, -0.1) is 0 Å². The molecule has 0 saturated heterocycles. The van der Waals surface area contributed by atoms with E-state index in [9.17, 15) is 0 Å². The first kappa shape index (κ1) is 19.8. The molecule has 146 valence electrons. The van der Waals surface area contributed by atoms with Gasteiger partial charge in [-0.2, -0.15) is 0 Å². The smallest absolute Gasteiger partial charge is 0.0848 e. The third-order valence-corrected chi connectivity index (χ3v) is 6.97. The van der Waals surface area contributed by atoms with Crippen molar-refractivity contribution in [2.24, 2.45) is 5.92 Å². The Morgan fingerprint density at radius 3 is 2.03 bits per heavy atom. The lowest BCUT2D eigenvalue weighted by Gasteiger charge is -2.37. The number of hydrogen-bond donors (Lipinski definition) is 0. The van der Waals surface area contributed by atoms with Crippen LogP contribution in [-0.2, 0) is 5.41 Å². The van der Waals surface area contributed by atoms with Crippen molar-refractivity contribution in [1.29, 1.82) is 0 Å². The van der Waals surface area contributed by atoms with Gasteiger partial charge in [0.1, 0.15) is 0 Å². The van der Waals surface area contributed by atoms with Crippen LogP contribution in [0.2, 0.25) is 6.82 Å². The van der Waals surface area contributed by atoms with Gasteiger partial charge in [-0.05, 0) is 45.0 Å². The molecule has 0 radical (unpaired) electrons. The van der Waals surface area contributed by atoms with Crippen molar-refractivity contribution in [1.82, 2.24) is 0 Å². The summed E-state index contributed by atoms with van der Waals surface area (Å²) in [5, 5.41) is 5.66. The minimum Gasteiger partial charge on any atom is -0.0848 e. The number of hydrogen-bond acceptors (Lipinski definition) is 0. The Labute approximate surface area is 176 Å². The molecule has 0 aromatic heterocycles. The monoisotopic (exact) mass is 378 g/mol. The molecule has 0 heterocycles. The van der Waals surface area contributed by atoms with E-state index in [4.69, 9.17) is 0 Å². The summed E-state index contributed by atoms with van der Waals surface area (Å²) in [6.45, 7) is 9.47. The molecule has 0 saturated carbocycles. The molecule has 29 heavy (non-hydrogen) atoms. The Hall–Kier alpha value is -2.54. The maximum atomic E-state index is 2.56. The van der Waals surface area contributed by atoms with Crippen LogP contribution in [0.25, 0.3) is 21.5 Å². The molecule has 0 aliphatic heterocycles. The van der Waals surface area contributed by atoms with Gasteiger partial charge in [-0.25, -0.2) is 0 Å². The third kappa shape index (κ3) is 3.37. The summed E-state index contributed by atoms with van der Waals surface area (Å²) in [7, 11) is 1.05. The lowest BCUT2D eigenvalue weighted by atomic mass is 9.63. The van der Waals surface area contributed by atoms with Crippen LogP contribution in [0.3, 0.4) is 0 Å². The number of benzene rings is 3. The molecule has 2 atom stereocenters. The molecule has 0 nitrogen and oxygen atoms in total.